The molecule has 0 radical (unpaired) electrons. The maximum absolute atomic E-state index is 4.53. The van der Waals surface area contributed by atoms with E-state index in [0.29, 0.717) is 6.04 Å². The largest absolute Gasteiger partial charge is 0.270 e. The summed E-state index contributed by atoms with van der Waals surface area (Å²) in [5.41, 5.74) is 1.46. The Labute approximate surface area is 126 Å². The van der Waals surface area contributed by atoms with E-state index in [9.17, 15) is 0 Å². The number of hydrogen-bond acceptors (Lipinski definition) is 1. The first-order valence-electron chi connectivity index (χ1n) is 8.73. The molecular weight excluding hydrogens is 244 g/mol. The molecule has 1 aromatic rings. The number of unbranched alkanes of at least 4 members (excludes halogenated alkanes) is 5. The van der Waals surface area contributed by atoms with Gasteiger partial charge in [0, 0.05) is 12.2 Å². The van der Waals surface area contributed by atoms with E-state index in [1.54, 1.807) is 0 Å². The lowest BCUT2D eigenvalue weighted by molar-refractivity contribution is 0.498. The average Bonchev–Trinajstić information content (AvgIpc) is 2.91. The number of rotatable bonds is 11. The topological polar surface area (TPSA) is 17.8 Å². The van der Waals surface area contributed by atoms with E-state index in [1.165, 1.54) is 63.4 Å². The average molecular weight is 278 g/mol. The summed E-state index contributed by atoms with van der Waals surface area (Å²) >= 11 is 0. The summed E-state index contributed by atoms with van der Waals surface area (Å²) < 4.78 is 2.11. The van der Waals surface area contributed by atoms with Gasteiger partial charge in [-0.25, -0.2) is 0 Å². The van der Waals surface area contributed by atoms with Crippen molar-refractivity contribution in [2.75, 3.05) is 0 Å². The molecule has 0 fully saturated rings. The van der Waals surface area contributed by atoms with Crippen molar-refractivity contribution in [3.8, 4) is 0 Å². The fraction of sp³-hybridized carbons (Fsp3) is 0.833. The molecule has 0 spiro atoms. The van der Waals surface area contributed by atoms with Crippen LogP contribution in [-0.4, -0.2) is 9.78 Å². The van der Waals surface area contributed by atoms with Crippen LogP contribution in [-0.2, 0) is 0 Å². The zero-order valence-electron chi connectivity index (χ0n) is 14.1. The van der Waals surface area contributed by atoms with Crippen molar-refractivity contribution in [2.45, 2.75) is 97.4 Å². The number of aromatic nitrogens is 2. The third-order valence-electron chi connectivity index (χ3n) is 4.18. The fourth-order valence-electron chi connectivity index (χ4n) is 2.78. The van der Waals surface area contributed by atoms with Gasteiger partial charge in [0.1, 0.15) is 0 Å². The van der Waals surface area contributed by atoms with Crippen LogP contribution in [0.15, 0.2) is 12.4 Å². The summed E-state index contributed by atoms with van der Waals surface area (Å²) in [7, 11) is 0. The molecular formula is C18H34N2. The van der Waals surface area contributed by atoms with Crippen LogP contribution in [0.3, 0.4) is 0 Å². The Morgan fingerprint density at radius 2 is 1.55 bits per heavy atom. The molecule has 0 saturated carbocycles. The second kappa shape index (κ2) is 10.0. The monoisotopic (exact) mass is 278 g/mol. The van der Waals surface area contributed by atoms with Crippen molar-refractivity contribution in [1.82, 2.24) is 9.78 Å². The van der Waals surface area contributed by atoms with Crippen LogP contribution in [0.25, 0.3) is 0 Å². The quantitative estimate of drug-likeness (QED) is 0.447. The highest BCUT2D eigenvalue weighted by Gasteiger charge is 2.14. The van der Waals surface area contributed by atoms with Gasteiger partial charge in [-0.2, -0.15) is 5.10 Å². The van der Waals surface area contributed by atoms with Crippen LogP contribution in [0.1, 0.15) is 103 Å². The van der Waals surface area contributed by atoms with Gasteiger partial charge >= 0.3 is 0 Å². The Morgan fingerprint density at radius 1 is 0.950 bits per heavy atom. The minimum absolute atomic E-state index is 0.472. The molecule has 1 unspecified atom stereocenters. The Kier molecular flexibility index (Phi) is 8.64. The minimum Gasteiger partial charge on any atom is -0.270 e. The predicted octanol–water partition coefficient (Wildman–Crippen LogP) is 6.10. The molecule has 20 heavy (non-hydrogen) atoms. The standard InChI is InChI=1S/C18H34N2/c1-5-7-9-11-13-17(12-10-8-6-2)18-14-19-20(15-18)16(3)4/h14-17H,5-13H2,1-4H3. The van der Waals surface area contributed by atoms with Crippen LogP contribution in [0.4, 0.5) is 0 Å². The highest BCUT2D eigenvalue weighted by Crippen LogP contribution is 2.28. The lowest BCUT2D eigenvalue weighted by atomic mass is 9.90. The van der Waals surface area contributed by atoms with Crippen molar-refractivity contribution in [3.63, 3.8) is 0 Å². The second-order valence-electron chi connectivity index (χ2n) is 6.39. The van der Waals surface area contributed by atoms with Gasteiger partial charge in [0.2, 0.25) is 0 Å². The highest BCUT2D eigenvalue weighted by molar-refractivity contribution is 5.11. The molecule has 116 valence electrons. The molecule has 0 aromatic carbocycles. The van der Waals surface area contributed by atoms with Crippen molar-refractivity contribution in [3.05, 3.63) is 18.0 Å². The fourth-order valence-corrected chi connectivity index (χ4v) is 2.78. The first-order chi connectivity index (χ1) is 9.69. The molecule has 0 aliphatic rings. The van der Waals surface area contributed by atoms with Gasteiger partial charge < -0.3 is 0 Å². The Bertz CT molecular complexity index is 341. The second-order valence-corrected chi connectivity index (χ2v) is 6.39. The Morgan fingerprint density at radius 3 is 2.10 bits per heavy atom. The summed E-state index contributed by atoms with van der Waals surface area (Å²) in [6.07, 6.45) is 16.6. The van der Waals surface area contributed by atoms with E-state index < -0.39 is 0 Å². The summed E-state index contributed by atoms with van der Waals surface area (Å²) in [5, 5.41) is 4.53. The number of nitrogens with zero attached hydrogens (tertiary/aromatic N) is 2. The summed E-state index contributed by atoms with van der Waals surface area (Å²) in [6, 6.07) is 0.472. The van der Waals surface area contributed by atoms with Crippen LogP contribution in [0.5, 0.6) is 0 Å². The van der Waals surface area contributed by atoms with Crippen molar-refractivity contribution >= 4 is 0 Å². The first-order valence-corrected chi connectivity index (χ1v) is 8.73. The zero-order chi connectivity index (χ0) is 14.8. The van der Waals surface area contributed by atoms with E-state index in [2.05, 4.69) is 49.9 Å². The molecule has 2 heteroatoms. The molecule has 0 saturated heterocycles. The number of hydrogen-bond donors (Lipinski definition) is 0. The van der Waals surface area contributed by atoms with Crippen molar-refractivity contribution in [1.29, 1.82) is 0 Å². The van der Waals surface area contributed by atoms with Gasteiger partial charge in [-0.3, -0.25) is 4.68 Å². The van der Waals surface area contributed by atoms with Gasteiger partial charge in [-0.1, -0.05) is 58.8 Å². The normalized spacial score (nSPS) is 13.1. The predicted molar refractivity (Wildman–Crippen MR) is 88.3 cm³/mol. The van der Waals surface area contributed by atoms with E-state index >= 15 is 0 Å². The van der Waals surface area contributed by atoms with E-state index in [-0.39, 0.29) is 0 Å². The molecule has 0 aliphatic carbocycles. The smallest absolute Gasteiger partial charge is 0.0524 e. The third kappa shape index (κ3) is 6.11. The lowest BCUT2D eigenvalue weighted by Crippen LogP contribution is -2.01. The molecule has 1 atom stereocenters. The molecule has 1 heterocycles. The molecule has 1 rings (SSSR count). The van der Waals surface area contributed by atoms with Crippen molar-refractivity contribution in [2.24, 2.45) is 0 Å². The SMILES string of the molecule is CCCCCCC(CCCCC)c1cnn(C(C)C)c1. The van der Waals surface area contributed by atoms with Crippen molar-refractivity contribution < 1.29 is 0 Å². The van der Waals surface area contributed by atoms with Crippen LogP contribution >= 0.6 is 0 Å². The maximum Gasteiger partial charge on any atom is 0.0524 e. The maximum atomic E-state index is 4.53. The molecule has 0 aliphatic heterocycles. The Balaban J connectivity index is 2.54. The Hall–Kier alpha value is -0.790. The molecule has 0 amide bonds. The first kappa shape index (κ1) is 17.3. The third-order valence-corrected chi connectivity index (χ3v) is 4.18. The van der Waals surface area contributed by atoms with Gasteiger partial charge in [0.25, 0.3) is 0 Å². The van der Waals surface area contributed by atoms with Crippen LogP contribution in [0.2, 0.25) is 0 Å². The highest BCUT2D eigenvalue weighted by atomic mass is 15.3. The molecule has 0 bridgehead atoms. The summed E-state index contributed by atoms with van der Waals surface area (Å²) in [5.74, 6) is 0.728. The lowest BCUT2D eigenvalue weighted by Gasteiger charge is -2.15. The van der Waals surface area contributed by atoms with Gasteiger partial charge in [0.05, 0.1) is 6.20 Å². The molecule has 2 nitrogen and oxygen atoms in total. The van der Waals surface area contributed by atoms with E-state index in [4.69, 9.17) is 0 Å². The summed E-state index contributed by atoms with van der Waals surface area (Å²) in [4.78, 5) is 0. The van der Waals surface area contributed by atoms with Crippen LogP contribution in [0, 0.1) is 0 Å². The minimum atomic E-state index is 0.472. The van der Waals surface area contributed by atoms with E-state index in [1.807, 2.05) is 0 Å². The molecule has 1 aromatic heterocycles. The zero-order valence-corrected chi connectivity index (χ0v) is 14.1. The van der Waals surface area contributed by atoms with Gasteiger partial charge in [-0.15, -0.1) is 0 Å². The van der Waals surface area contributed by atoms with Gasteiger partial charge in [0.15, 0.2) is 0 Å². The molecule has 0 N–H and O–H groups in total. The van der Waals surface area contributed by atoms with Crippen LogP contribution < -0.4 is 0 Å². The summed E-state index contributed by atoms with van der Waals surface area (Å²) in [6.45, 7) is 8.96. The van der Waals surface area contributed by atoms with E-state index in [0.717, 1.165) is 5.92 Å². The van der Waals surface area contributed by atoms with Gasteiger partial charge in [-0.05, 0) is 38.2 Å².